The van der Waals surface area contributed by atoms with Crippen LogP contribution in [0.15, 0.2) is 22.8 Å². The first-order chi connectivity index (χ1) is 13.0. The molecule has 3 rings (SSSR count). The van der Waals surface area contributed by atoms with Crippen LogP contribution in [0.3, 0.4) is 0 Å². The van der Waals surface area contributed by atoms with E-state index in [9.17, 15) is 14.7 Å². The second kappa shape index (κ2) is 7.65. The molecule has 0 radical (unpaired) electrons. The summed E-state index contributed by atoms with van der Waals surface area (Å²) in [6, 6.07) is 5.34. The molecule has 9 nitrogen and oxygen atoms in total. The van der Waals surface area contributed by atoms with E-state index in [-0.39, 0.29) is 25.4 Å². The second-order valence-corrected chi connectivity index (χ2v) is 6.41. The van der Waals surface area contributed by atoms with Crippen molar-refractivity contribution in [3.8, 4) is 11.5 Å². The van der Waals surface area contributed by atoms with Crippen molar-refractivity contribution >= 4 is 11.9 Å². The van der Waals surface area contributed by atoms with E-state index < -0.39 is 17.8 Å². The van der Waals surface area contributed by atoms with Crippen LogP contribution in [0.5, 0.6) is 11.5 Å². The SMILES string of the molecule is COc1cccc([C@H]2CN(C(=O)Cc3nonc3C)C[C@@H]2C(=O)O)c1OC. The zero-order valence-electron chi connectivity index (χ0n) is 15.3. The summed E-state index contributed by atoms with van der Waals surface area (Å²) in [6.45, 7) is 2.08. The molecule has 1 aromatic carbocycles. The van der Waals surface area contributed by atoms with E-state index >= 15 is 0 Å². The minimum Gasteiger partial charge on any atom is -0.493 e. The van der Waals surface area contributed by atoms with Crippen molar-refractivity contribution in [3.05, 3.63) is 35.2 Å². The summed E-state index contributed by atoms with van der Waals surface area (Å²) in [4.78, 5) is 26.0. The van der Waals surface area contributed by atoms with E-state index in [1.807, 2.05) is 6.07 Å². The van der Waals surface area contributed by atoms with Crippen LogP contribution in [-0.4, -0.2) is 59.5 Å². The summed E-state index contributed by atoms with van der Waals surface area (Å²) in [5, 5.41) is 17.1. The van der Waals surface area contributed by atoms with Crippen LogP contribution in [0.1, 0.15) is 22.9 Å². The number of carboxylic acids is 1. The molecule has 2 aromatic rings. The molecule has 9 heteroatoms. The van der Waals surface area contributed by atoms with Crippen molar-refractivity contribution in [1.29, 1.82) is 0 Å². The van der Waals surface area contributed by atoms with Crippen molar-refractivity contribution in [2.45, 2.75) is 19.3 Å². The summed E-state index contributed by atoms with van der Waals surface area (Å²) in [5.74, 6) is -1.32. The van der Waals surface area contributed by atoms with Gasteiger partial charge in [0.2, 0.25) is 5.91 Å². The summed E-state index contributed by atoms with van der Waals surface area (Å²) in [6.07, 6.45) is 0.0175. The third kappa shape index (κ3) is 3.57. The Morgan fingerprint density at radius 2 is 2.04 bits per heavy atom. The molecule has 1 fully saturated rings. The van der Waals surface area contributed by atoms with Gasteiger partial charge in [-0.05, 0) is 13.0 Å². The smallest absolute Gasteiger partial charge is 0.308 e. The van der Waals surface area contributed by atoms with Crippen molar-refractivity contribution in [2.75, 3.05) is 27.3 Å². The Labute approximate surface area is 155 Å². The number of amides is 1. The lowest BCUT2D eigenvalue weighted by Crippen LogP contribution is -2.31. The molecule has 1 saturated heterocycles. The summed E-state index contributed by atoms with van der Waals surface area (Å²) >= 11 is 0. The third-order valence-electron chi connectivity index (χ3n) is 4.89. The number of aryl methyl sites for hydroxylation is 1. The van der Waals surface area contributed by atoms with Crippen molar-refractivity contribution in [1.82, 2.24) is 15.2 Å². The number of aromatic nitrogens is 2. The van der Waals surface area contributed by atoms with Gasteiger partial charge in [-0.3, -0.25) is 9.59 Å². The van der Waals surface area contributed by atoms with Gasteiger partial charge in [0, 0.05) is 24.6 Å². The van der Waals surface area contributed by atoms with E-state index in [1.165, 1.54) is 19.1 Å². The van der Waals surface area contributed by atoms with E-state index in [1.54, 1.807) is 19.1 Å². The lowest BCUT2D eigenvalue weighted by atomic mass is 9.88. The lowest BCUT2D eigenvalue weighted by molar-refractivity contribution is -0.141. The molecule has 1 amide bonds. The van der Waals surface area contributed by atoms with Crippen LogP contribution in [0.2, 0.25) is 0 Å². The van der Waals surface area contributed by atoms with Gasteiger partial charge in [-0.15, -0.1) is 0 Å². The van der Waals surface area contributed by atoms with E-state index in [0.717, 1.165) is 0 Å². The van der Waals surface area contributed by atoms with Crippen molar-refractivity contribution in [2.24, 2.45) is 5.92 Å². The molecule has 1 aliphatic heterocycles. The van der Waals surface area contributed by atoms with Crippen molar-refractivity contribution < 1.29 is 28.8 Å². The normalized spacial score (nSPS) is 19.1. The number of benzene rings is 1. The molecule has 144 valence electrons. The molecule has 1 aromatic heterocycles. The first-order valence-corrected chi connectivity index (χ1v) is 8.45. The maximum Gasteiger partial charge on any atom is 0.308 e. The molecular weight excluding hydrogens is 354 g/mol. The fourth-order valence-electron chi connectivity index (χ4n) is 3.44. The zero-order chi connectivity index (χ0) is 19.6. The standard InChI is InChI=1S/C18H21N3O6/c1-10-14(20-27-19-10)7-16(22)21-8-12(13(9-21)18(23)24)11-5-4-6-15(25-2)17(11)26-3/h4-6,12-13H,7-9H2,1-3H3,(H,23,24)/t12-,13+/m1/s1. The largest absolute Gasteiger partial charge is 0.493 e. The number of carbonyl (C=O) groups is 2. The number of likely N-dealkylation sites (tertiary alicyclic amines) is 1. The van der Waals surface area contributed by atoms with E-state index in [0.29, 0.717) is 28.5 Å². The molecule has 1 N–H and O–H groups in total. The van der Waals surface area contributed by atoms with Gasteiger partial charge in [0.15, 0.2) is 11.5 Å². The topological polar surface area (TPSA) is 115 Å². The number of hydrogen-bond donors (Lipinski definition) is 1. The summed E-state index contributed by atoms with van der Waals surface area (Å²) < 4.78 is 15.4. The fourth-order valence-corrected chi connectivity index (χ4v) is 3.44. The van der Waals surface area contributed by atoms with Gasteiger partial charge in [-0.25, -0.2) is 4.63 Å². The van der Waals surface area contributed by atoms with Crippen LogP contribution in [-0.2, 0) is 16.0 Å². The maximum atomic E-state index is 12.7. The maximum absolute atomic E-state index is 12.7. The number of nitrogens with zero attached hydrogens (tertiary/aromatic N) is 3. The molecule has 0 unspecified atom stereocenters. The monoisotopic (exact) mass is 375 g/mol. The molecule has 27 heavy (non-hydrogen) atoms. The second-order valence-electron chi connectivity index (χ2n) is 6.41. The van der Waals surface area contributed by atoms with Gasteiger partial charge in [-0.1, -0.05) is 22.4 Å². The number of hydrogen-bond acceptors (Lipinski definition) is 7. The molecule has 0 bridgehead atoms. The quantitative estimate of drug-likeness (QED) is 0.802. The number of methoxy groups -OCH3 is 2. The number of aliphatic carboxylic acids is 1. The number of carbonyl (C=O) groups excluding carboxylic acids is 1. The third-order valence-corrected chi connectivity index (χ3v) is 4.89. The molecule has 0 saturated carbocycles. The highest BCUT2D eigenvalue weighted by Crippen LogP contribution is 2.42. The number of carboxylic acid groups (broad SMARTS) is 1. The van der Waals surface area contributed by atoms with Crippen LogP contribution < -0.4 is 9.47 Å². The number of rotatable bonds is 6. The lowest BCUT2D eigenvalue weighted by Gasteiger charge is -2.20. The summed E-state index contributed by atoms with van der Waals surface area (Å²) in [5.41, 5.74) is 1.71. The predicted molar refractivity (Wildman–Crippen MR) is 92.7 cm³/mol. The van der Waals surface area contributed by atoms with Gasteiger partial charge >= 0.3 is 5.97 Å². The Morgan fingerprint density at radius 3 is 2.63 bits per heavy atom. The molecular formula is C18H21N3O6. The fraction of sp³-hybridized carbons (Fsp3) is 0.444. The Bertz CT molecular complexity index is 849. The van der Waals surface area contributed by atoms with Gasteiger partial charge in [0.1, 0.15) is 11.4 Å². The predicted octanol–water partition coefficient (Wildman–Crippen LogP) is 1.26. The van der Waals surface area contributed by atoms with Gasteiger partial charge in [0.25, 0.3) is 0 Å². The molecule has 2 heterocycles. The molecule has 0 spiro atoms. The average molecular weight is 375 g/mol. The van der Waals surface area contributed by atoms with Crippen molar-refractivity contribution in [3.63, 3.8) is 0 Å². The van der Waals surface area contributed by atoms with E-state index in [2.05, 4.69) is 14.9 Å². The number of para-hydroxylation sites is 1. The first-order valence-electron chi connectivity index (χ1n) is 8.45. The highest BCUT2D eigenvalue weighted by atomic mass is 16.6. The molecule has 0 aliphatic carbocycles. The highest BCUT2D eigenvalue weighted by molar-refractivity contribution is 5.81. The molecule has 1 aliphatic rings. The first kappa shape index (κ1) is 18.7. The van der Waals surface area contributed by atoms with Crippen LogP contribution in [0, 0.1) is 12.8 Å². The molecule has 2 atom stereocenters. The van der Waals surface area contributed by atoms with Gasteiger partial charge < -0.3 is 19.5 Å². The van der Waals surface area contributed by atoms with Crippen LogP contribution in [0.4, 0.5) is 0 Å². The number of ether oxygens (including phenoxy) is 2. The Hall–Kier alpha value is -3.10. The Morgan fingerprint density at radius 1 is 1.26 bits per heavy atom. The average Bonchev–Trinajstić information content (AvgIpc) is 3.27. The van der Waals surface area contributed by atoms with Gasteiger partial charge in [0.05, 0.1) is 26.6 Å². The summed E-state index contributed by atoms with van der Waals surface area (Å²) in [7, 11) is 3.03. The van der Waals surface area contributed by atoms with Crippen LogP contribution in [0.25, 0.3) is 0 Å². The van der Waals surface area contributed by atoms with E-state index in [4.69, 9.17) is 9.47 Å². The Kier molecular flexibility index (Phi) is 5.29. The minimum atomic E-state index is -0.959. The van der Waals surface area contributed by atoms with Gasteiger partial charge in [-0.2, -0.15) is 0 Å². The Balaban J connectivity index is 1.87. The highest BCUT2D eigenvalue weighted by Gasteiger charge is 2.42. The van der Waals surface area contributed by atoms with Crippen LogP contribution >= 0.6 is 0 Å². The minimum absolute atomic E-state index is 0.0175. The zero-order valence-corrected chi connectivity index (χ0v) is 15.3.